The SMILES string of the molecule is Cc1cc(C#N)ccc1-c1cc(NC(=O)C(O)C(F)(F)F)cc2ncnn12. The highest BCUT2D eigenvalue weighted by Gasteiger charge is 2.43. The lowest BCUT2D eigenvalue weighted by molar-refractivity contribution is -0.202. The highest BCUT2D eigenvalue weighted by Crippen LogP contribution is 2.28. The van der Waals surface area contributed by atoms with Crippen molar-refractivity contribution in [3.05, 3.63) is 47.8 Å². The summed E-state index contributed by atoms with van der Waals surface area (Å²) in [5.74, 6) is -1.60. The molecule has 1 unspecified atom stereocenters. The number of nitrogens with zero attached hydrogens (tertiary/aromatic N) is 4. The number of aromatic nitrogens is 3. The zero-order valence-corrected chi connectivity index (χ0v) is 13.8. The third-order valence-electron chi connectivity index (χ3n) is 3.84. The molecule has 3 aromatic rings. The van der Waals surface area contributed by atoms with Crippen LogP contribution in [0.4, 0.5) is 18.9 Å². The van der Waals surface area contributed by atoms with Gasteiger partial charge in [-0.1, -0.05) is 6.07 Å². The van der Waals surface area contributed by atoms with Gasteiger partial charge in [-0.05, 0) is 30.7 Å². The molecule has 2 N–H and O–H groups in total. The lowest BCUT2D eigenvalue weighted by Gasteiger charge is -2.15. The van der Waals surface area contributed by atoms with E-state index in [9.17, 15) is 18.0 Å². The number of anilines is 1. The Morgan fingerprint density at radius 3 is 2.70 bits per heavy atom. The smallest absolute Gasteiger partial charge is 0.376 e. The number of fused-ring (bicyclic) bond motifs is 1. The van der Waals surface area contributed by atoms with Gasteiger partial charge in [-0.25, -0.2) is 9.50 Å². The lowest BCUT2D eigenvalue weighted by Crippen LogP contribution is -2.40. The molecule has 0 fully saturated rings. The summed E-state index contributed by atoms with van der Waals surface area (Å²) in [5.41, 5.74) is 2.57. The number of aryl methyl sites for hydroxylation is 1. The fourth-order valence-corrected chi connectivity index (χ4v) is 2.57. The number of rotatable bonds is 3. The van der Waals surface area contributed by atoms with Crippen molar-refractivity contribution < 1.29 is 23.1 Å². The van der Waals surface area contributed by atoms with Crippen LogP contribution in [0, 0.1) is 18.3 Å². The number of carbonyl (C=O) groups is 1. The van der Waals surface area contributed by atoms with Gasteiger partial charge >= 0.3 is 6.18 Å². The highest BCUT2D eigenvalue weighted by atomic mass is 19.4. The Hall–Kier alpha value is -3.45. The molecule has 138 valence electrons. The molecule has 1 amide bonds. The first kappa shape index (κ1) is 18.3. The van der Waals surface area contributed by atoms with Gasteiger partial charge in [0.25, 0.3) is 5.91 Å². The molecular weight excluding hydrogens is 363 g/mol. The summed E-state index contributed by atoms with van der Waals surface area (Å²) in [6.07, 6.45) is -6.96. The average molecular weight is 375 g/mol. The minimum atomic E-state index is -5.07. The van der Waals surface area contributed by atoms with Gasteiger partial charge in [0, 0.05) is 17.3 Å². The van der Waals surface area contributed by atoms with Crippen LogP contribution in [0.25, 0.3) is 16.9 Å². The Morgan fingerprint density at radius 2 is 2.07 bits per heavy atom. The van der Waals surface area contributed by atoms with E-state index in [0.717, 1.165) is 5.56 Å². The fraction of sp³-hybridized carbons (Fsp3) is 0.176. The summed E-state index contributed by atoms with van der Waals surface area (Å²) in [6, 6.07) is 9.66. The predicted octanol–water partition coefficient (Wildman–Crippen LogP) is 2.44. The second-order valence-corrected chi connectivity index (χ2v) is 5.73. The van der Waals surface area contributed by atoms with Crippen molar-refractivity contribution >= 4 is 17.2 Å². The largest absolute Gasteiger partial charge is 0.423 e. The molecule has 0 aliphatic heterocycles. The van der Waals surface area contributed by atoms with Gasteiger partial charge in [-0.3, -0.25) is 4.79 Å². The van der Waals surface area contributed by atoms with Gasteiger partial charge in [0.05, 0.1) is 17.3 Å². The highest BCUT2D eigenvalue weighted by molar-refractivity contribution is 5.95. The maximum absolute atomic E-state index is 12.5. The first-order chi connectivity index (χ1) is 12.7. The first-order valence-corrected chi connectivity index (χ1v) is 7.61. The van der Waals surface area contributed by atoms with Crippen LogP contribution in [-0.2, 0) is 4.79 Å². The van der Waals surface area contributed by atoms with Crippen LogP contribution in [0.1, 0.15) is 11.1 Å². The Kier molecular flexibility index (Phi) is 4.55. The van der Waals surface area contributed by atoms with Gasteiger partial charge in [-0.15, -0.1) is 0 Å². The summed E-state index contributed by atoms with van der Waals surface area (Å²) < 4.78 is 39.0. The summed E-state index contributed by atoms with van der Waals surface area (Å²) in [6.45, 7) is 1.76. The number of nitriles is 1. The molecule has 27 heavy (non-hydrogen) atoms. The molecule has 0 saturated carbocycles. The number of aliphatic hydroxyl groups is 1. The second kappa shape index (κ2) is 6.69. The van der Waals surface area contributed by atoms with Crippen LogP contribution in [0.3, 0.4) is 0 Å². The second-order valence-electron chi connectivity index (χ2n) is 5.73. The van der Waals surface area contributed by atoms with Crippen molar-refractivity contribution in [3.63, 3.8) is 0 Å². The number of aliphatic hydroxyl groups excluding tert-OH is 1. The third-order valence-corrected chi connectivity index (χ3v) is 3.84. The Bertz CT molecular complexity index is 1070. The number of nitrogens with one attached hydrogen (secondary N) is 1. The van der Waals surface area contributed by atoms with E-state index in [1.54, 1.807) is 25.1 Å². The number of hydrogen-bond donors (Lipinski definition) is 2. The van der Waals surface area contributed by atoms with Crippen molar-refractivity contribution in [2.24, 2.45) is 0 Å². The van der Waals surface area contributed by atoms with E-state index in [2.05, 4.69) is 10.1 Å². The van der Waals surface area contributed by atoms with E-state index in [1.807, 2.05) is 11.4 Å². The molecule has 1 aromatic carbocycles. The van der Waals surface area contributed by atoms with E-state index in [0.29, 0.717) is 16.8 Å². The number of alkyl halides is 3. The summed E-state index contributed by atoms with van der Waals surface area (Å²) >= 11 is 0. The van der Waals surface area contributed by atoms with Crippen LogP contribution in [0.2, 0.25) is 0 Å². The fourth-order valence-electron chi connectivity index (χ4n) is 2.57. The first-order valence-electron chi connectivity index (χ1n) is 7.61. The minimum Gasteiger partial charge on any atom is -0.376 e. The molecule has 0 radical (unpaired) electrons. The number of amides is 1. The van der Waals surface area contributed by atoms with Crippen molar-refractivity contribution in [1.29, 1.82) is 5.26 Å². The van der Waals surface area contributed by atoms with E-state index in [-0.39, 0.29) is 11.3 Å². The van der Waals surface area contributed by atoms with E-state index in [1.165, 1.54) is 23.0 Å². The Morgan fingerprint density at radius 1 is 1.33 bits per heavy atom. The number of pyridine rings is 1. The van der Waals surface area contributed by atoms with Gasteiger partial charge in [0.1, 0.15) is 6.33 Å². The quantitative estimate of drug-likeness (QED) is 0.732. The zero-order chi connectivity index (χ0) is 19.8. The molecule has 1 atom stereocenters. The number of benzene rings is 1. The van der Waals surface area contributed by atoms with Crippen molar-refractivity contribution in [1.82, 2.24) is 14.6 Å². The van der Waals surface area contributed by atoms with Gasteiger partial charge < -0.3 is 10.4 Å². The van der Waals surface area contributed by atoms with Crippen LogP contribution in [-0.4, -0.2) is 37.9 Å². The molecule has 10 heteroatoms. The Balaban J connectivity index is 2.06. The van der Waals surface area contributed by atoms with E-state index < -0.39 is 18.2 Å². The molecule has 3 rings (SSSR count). The van der Waals surface area contributed by atoms with Crippen LogP contribution in [0.15, 0.2) is 36.7 Å². The Labute approximate surface area is 150 Å². The monoisotopic (exact) mass is 375 g/mol. The van der Waals surface area contributed by atoms with Crippen LogP contribution >= 0.6 is 0 Å². The molecular formula is C17H12F3N5O2. The lowest BCUT2D eigenvalue weighted by atomic mass is 10.0. The van der Waals surface area contributed by atoms with Crippen molar-refractivity contribution in [2.75, 3.05) is 5.32 Å². The van der Waals surface area contributed by atoms with Crippen molar-refractivity contribution in [3.8, 4) is 17.3 Å². The maximum Gasteiger partial charge on any atom is 0.423 e. The van der Waals surface area contributed by atoms with Crippen LogP contribution < -0.4 is 5.32 Å². The maximum atomic E-state index is 12.5. The molecule has 0 spiro atoms. The predicted molar refractivity (Wildman–Crippen MR) is 88.6 cm³/mol. The van der Waals surface area contributed by atoms with Gasteiger partial charge in [-0.2, -0.15) is 23.5 Å². The summed E-state index contributed by atoms with van der Waals surface area (Å²) in [4.78, 5) is 15.7. The minimum absolute atomic E-state index is 0.0163. The number of carbonyl (C=O) groups excluding carboxylic acids is 1. The standard InChI is InChI=1S/C17H12F3N5O2/c1-9-4-10(7-21)2-3-12(9)13-5-11(6-14-22-8-23-25(13)14)24-16(27)15(26)17(18,19)20/h2-6,8,15,26H,1H3,(H,24,27). The molecule has 7 nitrogen and oxygen atoms in total. The molecule has 0 aliphatic carbocycles. The summed E-state index contributed by atoms with van der Waals surface area (Å²) in [7, 11) is 0. The summed E-state index contributed by atoms with van der Waals surface area (Å²) in [5, 5.41) is 24.2. The molecule has 0 aliphatic rings. The zero-order valence-electron chi connectivity index (χ0n) is 13.8. The number of halogens is 3. The van der Waals surface area contributed by atoms with E-state index in [4.69, 9.17) is 10.4 Å². The molecule has 0 bridgehead atoms. The third kappa shape index (κ3) is 3.58. The normalized spacial score (nSPS) is 12.6. The average Bonchev–Trinajstić information content (AvgIpc) is 3.08. The van der Waals surface area contributed by atoms with E-state index >= 15 is 0 Å². The van der Waals surface area contributed by atoms with Gasteiger partial charge in [0.2, 0.25) is 6.10 Å². The van der Waals surface area contributed by atoms with Crippen molar-refractivity contribution in [2.45, 2.75) is 19.2 Å². The number of hydrogen-bond acceptors (Lipinski definition) is 5. The molecule has 0 saturated heterocycles. The molecule has 2 aromatic heterocycles. The molecule has 2 heterocycles. The van der Waals surface area contributed by atoms with Gasteiger partial charge in [0.15, 0.2) is 5.65 Å². The van der Waals surface area contributed by atoms with Crippen LogP contribution in [0.5, 0.6) is 0 Å². The topological polar surface area (TPSA) is 103 Å².